The first-order chi connectivity index (χ1) is 10.4. The van der Waals surface area contributed by atoms with E-state index in [0.717, 1.165) is 10.4 Å². The number of nitro groups is 1. The molecule has 1 fully saturated rings. The van der Waals surface area contributed by atoms with Gasteiger partial charge < -0.3 is 4.74 Å². The second-order valence-electron chi connectivity index (χ2n) is 4.83. The lowest BCUT2D eigenvalue weighted by atomic mass is 10.1. The van der Waals surface area contributed by atoms with Gasteiger partial charge in [-0.05, 0) is 19.4 Å². The maximum absolute atomic E-state index is 12.6. The summed E-state index contributed by atoms with van der Waals surface area (Å²) in [6.07, 6.45) is 0.346. The van der Waals surface area contributed by atoms with E-state index in [4.69, 9.17) is 4.74 Å². The van der Waals surface area contributed by atoms with Crippen LogP contribution in [-0.4, -0.2) is 43.3 Å². The summed E-state index contributed by atoms with van der Waals surface area (Å²) in [5.41, 5.74) is -0.470. The normalized spacial score (nSPS) is 19.0. The van der Waals surface area contributed by atoms with Gasteiger partial charge in [0.2, 0.25) is 10.0 Å². The molecule has 0 aliphatic carbocycles. The van der Waals surface area contributed by atoms with Crippen LogP contribution < -0.4 is 0 Å². The highest BCUT2D eigenvalue weighted by molar-refractivity contribution is 7.89. The van der Waals surface area contributed by atoms with E-state index in [1.54, 1.807) is 6.92 Å². The second-order valence-corrected chi connectivity index (χ2v) is 6.73. The van der Waals surface area contributed by atoms with Crippen molar-refractivity contribution in [3.05, 3.63) is 34.4 Å². The van der Waals surface area contributed by atoms with Gasteiger partial charge in [-0.15, -0.1) is 0 Å². The fraction of sp³-hybridized carbons (Fsp3) is 0.462. The van der Waals surface area contributed by atoms with Crippen molar-refractivity contribution in [2.75, 3.05) is 19.7 Å². The van der Waals surface area contributed by atoms with Crippen LogP contribution >= 0.6 is 0 Å². The van der Waals surface area contributed by atoms with E-state index in [1.165, 1.54) is 18.2 Å². The van der Waals surface area contributed by atoms with Crippen molar-refractivity contribution in [1.82, 2.24) is 4.31 Å². The number of nitrogens with zero attached hydrogens (tertiary/aromatic N) is 2. The Morgan fingerprint density at radius 2 is 2.14 bits per heavy atom. The van der Waals surface area contributed by atoms with Crippen LogP contribution in [0.5, 0.6) is 0 Å². The van der Waals surface area contributed by atoms with Crippen LogP contribution in [0.4, 0.5) is 5.69 Å². The van der Waals surface area contributed by atoms with Crippen LogP contribution in [0.25, 0.3) is 0 Å². The first kappa shape index (κ1) is 16.4. The number of para-hydroxylation sites is 1. The van der Waals surface area contributed by atoms with Gasteiger partial charge in [-0.3, -0.25) is 14.9 Å². The lowest BCUT2D eigenvalue weighted by molar-refractivity contribution is -0.387. The molecule has 1 saturated heterocycles. The van der Waals surface area contributed by atoms with Crippen molar-refractivity contribution >= 4 is 21.7 Å². The summed E-state index contributed by atoms with van der Waals surface area (Å²) in [6, 6.07) is 5.18. The van der Waals surface area contributed by atoms with Crippen molar-refractivity contribution in [1.29, 1.82) is 0 Å². The molecular formula is C13H16N2O6S. The van der Waals surface area contributed by atoms with Crippen LogP contribution in [-0.2, 0) is 19.6 Å². The first-order valence-electron chi connectivity index (χ1n) is 6.78. The highest BCUT2D eigenvalue weighted by Gasteiger charge is 2.39. The molecule has 0 saturated carbocycles. The molecule has 1 aliphatic heterocycles. The summed E-state index contributed by atoms with van der Waals surface area (Å²) >= 11 is 0. The Hall–Kier alpha value is -2.00. The Morgan fingerprint density at radius 1 is 1.45 bits per heavy atom. The zero-order valence-electron chi connectivity index (χ0n) is 12.0. The van der Waals surface area contributed by atoms with Gasteiger partial charge in [0, 0.05) is 19.2 Å². The van der Waals surface area contributed by atoms with Crippen LogP contribution in [0, 0.1) is 16.0 Å². The third-order valence-electron chi connectivity index (χ3n) is 3.45. The number of hydrogen-bond donors (Lipinski definition) is 0. The number of hydrogen-bond acceptors (Lipinski definition) is 6. The third kappa shape index (κ3) is 3.09. The monoisotopic (exact) mass is 328 g/mol. The van der Waals surface area contributed by atoms with Gasteiger partial charge in [0.1, 0.15) is 0 Å². The summed E-state index contributed by atoms with van der Waals surface area (Å²) in [6.45, 7) is 2.02. The Labute approximate surface area is 127 Å². The number of carbonyl (C=O) groups is 1. The van der Waals surface area contributed by atoms with Crippen molar-refractivity contribution < 1.29 is 22.9 Å². The fourth-order valence-corrected chi connectivity index (χ4v) is 4.02. The molecule has 0 bridgehead atoms. The molecule has 0 radical (unpaired) electrons. The molecule has 1 heterocycles. The number of rotatable bonds is 5. The molecule has 120 valence electrons. The minimum atomic E-state index is -4.01. The number of nitro benzene ring substituents is 1. The molecule has 1 atom stereocenters. The fourth-order valence-electron chi connectivity index (χ4n) is 2.36. The third-order valence-corrected chi connectivity index (χ3v) is 5.36. The van der Waals surface area contributed by atoms with Gasteiger partial charge in [0.15, 0.2) is 4.90 Å². The maximum Gasteiger partial charge on any atom is 0.310 e. The van der Waals surface area contributed by atoms with Gasteiger partial charge in [-0.1, -0.05) is 12.1 Å². The molecular weight excluding hydrogens is 312 g/mol. The smallest absolute Gasteiger partial charge is 0.310 e. The molecule has 0 spiro atoms. The average molecular weight is 328 g/mol. The summed E-state index contributed by atoms with van der Waals surface area (Å²) in [4.78, 5) is 21.6. The van der Waals surface area contributed by atoms with E-state index in [1.807, 2.05) is 0 Å². The second kappa shape index (κ2) is 6.41. The van der Waals surface area contributed by atoms with E-state index in [0.29, 0.717) is 6.42 Å². The Balaban J connectivity index is 2.26. The highest BCUT2D eigenvalue weighted by atomic mass is 32.2. The molecule has 1 aromatic carbocycles. The number of sulfonamides is 1. The van der Waals surface area contributed by atoms with E-state index in [9.17, 15) is 23.3 Å². The molecule has 0 N–H and O–H groups in total. The quantitative estimate of drug-likeness (QED) is 0.456. The summed E-state index contributed by atoms with van der Waals surface area (Å²) < 4.78 is 31.1. The molecule has 1 unspecified atom stereocenters. The van der Waals surface area contributed by atoms with Crippen LogP contribution in [0.3, 0.4) is 0 Å². The maximum atomic E-state index is 12.6. The summed E-state index contributed by atoms with van der Waals surface area (Å²) in [7, 11) is -4.01. The number of benzene rings is 1. The number of esters is 1. The Morgan fingerprint density at radius 3 is 2.77 bits per heavy atom. The molecule has 1 aliphatic rings. The summed E-state index contributed by atoms with van der Waals surface area (Å²) in [5, 5.41) is 11.0. The Bertz CT molecular complexity index is 688. The van der Waals surface area contributed by atoms with E-state index in [-0.39, 0.29) is 24.6 Å². The number of ether oxygens (including phenoxy) is 1. The highest BCUT2D eigenvalue weighted by Crippen LogP contribution is 2.30. The molecule has 22 heavy (non-hydrogen) atoms. The van der Waals surface area contributed by atoms with Crippen molar-refractivity contribution in [3.63, 3.8) is 0 Å². The average Bonchev–Trinajstić information content (AvgIpc) is 2.98. The van der Waals surface area contributed by atoms with E-state index >= 15 is 0 Å². The Kier molecular flexibility index (Phi) is 4.77. The van der Waals surface area contributed by atoms with Gasteiger partial charge >= 0.3 is 5.97 Å². The molecule has 2 rings (SSSR count). The van der Waals surface area contributed by atoms with E-state index < -0.39 is 32.5 Å². The van der Waals surface area contributed by atoms with Crippen molar-refractivity contribution in [2.24, 2.45) is 5.92 Å². The standard InChI is InChI=1S/C13H16N2O6S/c1-2-21-13(16)10-7-8-14(9-10)22(19,20)12-6-4-3-5-11(12)15(17)18/h3-6,10H,2,7-9H2,1H3. The van der Waals surface area contributed by atoms with Crippen molar-refractivity contribution in [2.45, 2.75) is 18.2 Å². The minimum Gasteiger partial charge on any atom is -0.466 e. The zero-order chi connectivity index (χ0) is 16.3. The molecule has 9 heteroatoms. The minimum absolute atomic E-state index is 0.0206. The zero-order valence-corrected chi connectivity index (χ0v) is 12.8. The molecule has 0 aromatic heterocycles. The van der Waals surface area contributed by atoms with Crippen LogP contribution in [0.1, 0.15) is 13.3 Å². The summed E-state index contributed by atoms with van der Waals surface area (Å²) in [5.74, 6) is -0.972. The topological polar surface area (TPSA) is 107 Å². The van der Waals surface area contributed by atoms with E-state index in [2.05, 4.69) is 0 Å². The van der Waals surface area contributed by atoms with Gasteiger partial charge in [0.25, 0.3) is 5.69 Å². The molecule has 1 aromatic rings. The predicted octanol–water partition coefficient (Wildman–Crippen LogP) is 1.17. The van der Waals surface area contributed by atoms with Gasteiger partial charge in [-0.2, -0.15) is 4.31 Å². The largest absolute Gasteiger partial charge is 0.466 e. The van der Waals surface area contributed by atoms with Crippen LogP contribution in [0.15, 0.2) is 29.2 Å². The van der Waals surface area contributed by atoms with Crippen molar-refractivity contribution in [3.8, 4) is 0 Å². The SMILES string of the molecule is CCOC(=O)C1CCN(S(=O)(=O)c2ccccc2[N+](=O)[O-])C1. The number of carbonyl (C=O) groups excluding carboxylic acids is 1. The predicted molar refractivity (Wildman–Crippen MR) is 76.6 cm³/mol. The van der Waals surface area contributed by atoms with Gasteiger partial charge in [0.05, 0.1) is 17.4 Å². The molecule has 0 amide bonds. The van der Waals surface area contributed by atoms with Crippen LogP contribution in [0.2, 0.25) is 0 Å². The lowest BCUT2D eigenvalue weighted by Crippen LogP contribution is -2.31. The molecule has 8 nitrogen and oxygen atoms in total. The lowest BCUT2D eigenvalue weighted by Gasteiger charge is -2.16. The first-order valence-corrected chi connectivity index (χ1v) is 8.22. The van der Waals surface area contributed by atoms with Gasteiger partial charge in [-0.25, -0.2) is 8.42 Å².